The molecule has 0 bridgehead atoms. The molecule has 2 N–H and O–H groups in total. The van der Waals surface area contributed by atoms with Crippen LogP contribution in [0.3, 0.4) is 0 Å². The van der Waals surface area contributed by atoms with Gasteiger partial charge < -0.3 is 10.2 Å². The first-order chi connectivity index (χ1) is 6.91. The number of nitrogens with zero attached hydrogens (tertiary/aromatic N) is 1. The van der Waals surface area contributed by atoms with Gasteiger partial charge in [-0.15, -0.1) is 0 Å². The fraction of sp³-hybridized carbons (Fsp3) is 0.143. The van der Waals surface area contributed by atoms with Crippen molar-refractivity contribution in [3.8, 4) is 11.5 Å². The van der Waals surface area contributed by atoms with Gasteiger partial charge in [0.15, 0.2) is 11.5 Å². The van der Waals surface area contributed by atoms with Crippen LogP contribution in [0.15, 0.2) is 12.1 Å². The second-order valence-electron chi connectivity index (χ2n) is 2.72. The van der Waals surface area contributed by atoms with Gasteiger partial charge in [-0.2, -0.15) is 0 Å². The molecule has 1 aromatic rings. The third kappa shape index (κ3) is 2.56. The molecule has 0 heterocycles. The molecule has 0 atom stereocenters. The summed E-state index contributed by atoms with van der Waals surface area (Å²) in [4.78, 5) is 9.57. The van der Waals surface area contributed by atoms with E-state index in [-0.39, 0.29) is 5.56 Å². The quantitative estimate of drug-likeness (QED) is 0.295. The maximum atomic E-state index is 10.4. The van der Waals surface area contributed by atoms with Crippen molar-refractivity contribution >= 4 is 16.4 Å². The van der Waals surface area contributed by atoms with Crippen LogP contribution in [0.2, 0.25) is 0 Å². The van der Waals surface area contributed by atoms with E-state index in [1.54, 1.807) is 0 Å². The number of rotatable bonds is 3. The number of benzene rings is 1. The maximum absolute atomic E-state index is 10.4. The third-order valence-electron chi connectivity index (χ3n) is 1.66. The Morgan fingerprint density at radius 2 is 1.93 bits per heavy atom. The lowest BCUT2D eigenvalue weighted by Gasteiger charge is -2.02. The Morgan fingerprint density at radius 1 is 1.33 bits per heavy atom. The van der Waals surface area contributed by atoms with Crippen LogP contribution in [0.4, 0.5) is 5.69 Å². The summed E-state index contributed by atoms with van der Waals surface area (Å²) in [6, 6.07) is 1.65. The minimum Gasteiger partial charge on any atom is -0.504 e. The van der Waals surface area contributed by atoms with Gasteiger partial charge in [-0.1, -0.05) is 0 Å². The Morgan fingerprint density at radius 3 is 2.40 bits per heavy atom. The molecular weight excluding hydrogens is 226 g/mol. The molecule has 15 heavy (non-hydrogen) atoms. The van der Waals surface area contributed by atoms with Crippen molar-refractivity contribution in [2.45, 2.75) is 5.75 Å². The number of aromatic hydroxyl groups is 2. The number of non-ortho nitro benzene ring substituents is 1. The summed E-state index contributed by atoms with van der Waals surface area (Å²) in [6.45, 7) is 0. The number of phenolic OH excluding ortho intramolecular Hbond substituents is 2. The molecule has 0 saturated carbocycles. The van der Waals surface area contributed by atoms with Gasteiger partial charge in [-0.25, -0.2) is 8.42 Å². The standard InChI is InChI=1S/C7H7NO6S/c9-6-2-5(8(11)12)1-4(7(6)10)3-15(13)14/h1-2,9-10,15H,3H2. The van der Waals surface area contributed by atoms with Crippen molar-refractivity contribution in [2.24, 2.45) is 0 Å². The zero-order valence-corrected chi connectivity index (χ0v) is 8.18. The first kappa shape index (κ1) is 11.2. The van der Waals surface area contributed by atoms with E-state index < -0.39 is 38.6 Å². The van der Waals surface area contributed by atoms with E-state index in [1.807, 2.05) is 0 Å². The SMILES string of the molecule is O=[N+]([O-])c1cc(O)c(O)c(C[SH](=O)=O)c1. The zero-order chi connectivity index (χ0) is 11.6. The lowest BCUT2D eigenvalue weighted by molar-refractivity contribution is -0.385. The van der Waals surface area contributed by atoms with Crippen LogP contribution in [0, 0.1) is 10.1 Å². The highest BCUT2D eigenvalue weighted by molar-refractivity contribution is 7.71. The molecule has 0 saturated heterocycles. The molecule has 0 aromatic heterocycles. The van der Waals surface area contributed by atoms with E-state index in [1.165, 1.54) is 0 Å². The molecular formula is C7H7NO6S. The maximum Gasteiger partial charge on any atom is 0.273 e. The van der Waals surface area contributed by atoms with E-state index in [4.69, 9.17) is 5.11 Å². The summed E-state index contributed by atoms with van der Waals surface area (Å²) in [5, 5.41) is 28.7. The summed E-state index contributed by atoms with van der Waals surface area (Å²) in [6.07, 6.45) is 0. The summed E-state index contributed by atoms with van der Waals surface area (Å²) >= 11 is 0. The van der Waals surface area contributed by atoms with Crippen molar-refractivity contribution in [3.63, 3.8) is 0 Å². The number of hydrogen-bond acceptors (Lipinski definition) is 6. The van der Waals surface area contributed by atoms with E-state index in [0.29, 0.717) is 0 Å². The van der Waals surface area contributed by atoms with Gasteiger partial charge in [-0.3, -0.25) is 10.1 Å². The monoisotopic (exact) mass is 233 g/mol. The van der Waals surface area contributed by atoms with E-state index in [0.717, 1.165) is 12.1 Å². The van der Waals surface area contributed by atoms with E-state index in [2.05, 4.69) is 0 Å². The van der Waals surface area contributed by atoms with Crippen LogP contribution < -0.4 is 0 Å². The minimum atomic E-state index is -2.83. The third-order valence-corrected chi connectivity index (χ3v) is 2.26. The van der Waals surface area contributed by atoms with Gasteiger partial charge in [0.2, 0.25) is 0 Å². The predicted octanol–water partition coefficient (Wildman–Crippen LogP) is 0.117. The molecule has 0 aliphatic heterocycles. The molecule has 1 aromatic carbocycles. The highest BCUT2D eigenvalue weighted by atomic mass is 32.2. The second-order valence-corrected chi connectivity index (χ2v) is 3.70. The summed E-state index contributed by atoms with van der Waals surface area (Å²) in [5.41, 5.74) is -0.671. The molecule has 0 amide bonds. The lowest BCUT2D eigenvalue weighted by Crippen LogP contribution is -1.93. The van der Waals surface area contributed by atoms with Gasteiger partial charge in [0, 0.05) is 11.6 Å². The molecule has 0 unspecified atom stereocenters. The van der Waals surface area contributed by atoms with E-state index in [9.17, 15) is 23.6 Å². The number of thiol groups is 1. The molecule has 0 fully saturated rings. The van der Waals surface area contributed by atoms with Crippen molar-refractivity contribution in [1.82, 2.24) is 0 Å². The smallest absolute Gasteiger partial charge is 0.273 e. The fourth-order valence-electron chi connectivity index (χ4n) is 1.03. The van der Waals surface area contributed by atoms with Crippen LogP contribution in [0.5, 0.6) is 11.5 Å². The Labute approximate surface area is 85.7 Å². The van der Waals surface area contributed by atoms with Gasteiger partial charge in [0.1, 0.15) is 10.7 Å². The summed E-state index contributed by atoms with van der Waals surface area (Å²) in [5.74, 6) is -1.92. The molecule has 1 rings (SSSR count). The topological polar surface area (TPSA) is 118 Å². The van der Waals surface area contributed by atoms with Crippen LogP contribution in [-0.4, -0.2) is 23.6 Å². The number of hydrogen-bond donors (Lipinski definition) is 3. The van der Waals surface area contributed by atoms with Crippen molar-refractivity contribution in [3.05, 3.63) is 27.8 Å². The molecule has 0 spiro atoms. The molecule has 0 aliphatic carbocycles. The van der Waals surface area contributed by atoms with Crippen molar-refractivity contribution in [2.75, 3.05) is 0 Å². The first-order valence-corrected chi connectivity index (χ1v) is 5.09. The van der Waals surface area contributed by atoms with Crippen LogP contribution in [0.1, 0.15) is 5.56 Å². The molecule has 7 nitrogen and oxygen atoms in total. The zero-order valence-electron chi connectivity index (χ0n) is 7.28. The average Bonchev–Trinajstić information content (AvgIpc) is 2.11. The largest absolute Gasteiger partial charge is 0.504 e. The van der Waals surface area contributed by atoms with Crippen LogP contribution in [-0.2, 0) is 16.5 Å². The Kier molecular flexibility index (Phi) is 3.10. The Balaban J connectivity index is 3.30. The summed E-state index contributed by atoms with van der Waals surface area (Å²) in [7, 11) is -2.83. The van der Waals surface area contributed by atoms with Gasteiger partial charge in [0.05, 0.1) is 16.7 Å². The van der Waals surface area contributed by atoms with Crippen LogP contribution >= 0.6 is 0 Å². The first-order valence-electron chi connectivity index (χ1n) is 3.73. The second kappa shape index (κ2) is 4.13. The van der Waals surface area contributed by atoms with Gasteiger partial charge in [-0.05, 0) is 0 Å². The molecule has 8 heteroatoms. The van der Waals surface area contributed by atoms with Gasteiger partial charge in [0.25, 0.3) is 5.69 Å². The normalized spacial score (nSPS) is 10.5. The average molecular weight is 233 g/mol. The minimum absolute atomic E-state index is 0.196. The molecule has 0 aliphatic rings. The van der Waals surface area contributed by atoms with Crippen molar-refractivity contribution in [1.29, 1.82) is 0 Å². The highest BCUT2D eigenvalue weighted by Gasteiger charge is 2.15. The fourth-order valence-corrected chi connectivity index (χ4v) is 1.55. The Bertz CT molecular complexity index is 473. The van der Waals surface area contributed by atoms with E-state index >= 15 is 0 Å². The lowest BCUT2D eigenvalue weighted by atomic mass is 10.2. The number of nitro groups is 1. The summed E-state index contributed by atoms with van der Waals surface area (Å²) < 4.78 is 20.8. The number of phenols is 2. The van der Waals surface area contributed by atoms with Gasteiger partial charge >= 0.3 is 0 Å². The predicted molar refractivity (Wildman–Crippen MR) is 50.4 cm³/mol. The molecule has 82 valence electrons. The van der Waals surface area contributed by atoms with Crippen molar-refractivity contribution < 1.29 is 23.6 Å². The van der Waals surface area contributed by atoms with Crippen LogP contribution in [0.25, 0.3) is 0 Å². The Hall–Kier alpha value is -1.83. The highest BCUT2D eigenvalue weighted by Crippen LogP contribution is 2.33. The number of nitro benzene ring substituents is 1. The molecule has 0 radical (unpaired) electrons.